The molecule has 3 heterocycles. The minimum atomic E-state index is -0.306. The second kappa shape index (κ2) is 15.3. The second-order valence-corrected chi connectivity index (χ2v) is 12.0. The van der Waals surface area contributed by atoms with Gasteiger partial charge in [-0.2, -0.15) is 4.98 Å². The van der Waals surface area contributed by atoms with E-state index < -0.39 is 0 Å². The van der Waals surface area contributed by atoms with E-state index in [9.17, 15) is 9.59 Å². The number of benzene rings is 2. The lowest BCUT2D eigenvalue weighted by molar-refractivity contribution is -0.137. The van der Waals surface area contributed by atoms with E-state index in [1.165, 1.54) is 0 Å². The van der Waals surface area contributed by atoms with E-state index in [1.54, 1.807) is 19.1 Å². The number of ether oxygens (including phenoxy) is 4. The molecule has 2 aliphatic heterocycles. The number of nitrogens with zero attached hydrogens (tertiary/aromatic N) is 4. The molecular formula is C33H43N5O7. The molecule has 0 aliphatic carbocycles. The molecule has 1 saturated heterocycles. The zero-order chi connectivity index (χ0) is 31.8. The van der Waals surface area contributed by atoms with Gasteiger partial charge >= 0.3 is 0 Å². The van der Waals surface area contributed by atoms with E-state index in [0.29, 0.717) is 80.7 Å². The Labute approximate surface area is 263 Å². The van der Waals surface area contributed by atoms with Gasteiger partial charge < -0.3 is 33.7 Å². The third kappa shape index (κ3) is 9.03. The summed E-state index contributed by atoms with van der Waals surface area (Å²) < 4.78 is 28.9. The Balaban J connectivity index is 1.38. The number of amides is 2. The van der Waals surface area contributed by atoms with Crippen LogP contribution in [0.2, 0.25) is 0 Å². The summed E-state index contributed by atoms with van der Waals surface area (Å²) in [6, 6.07) is 13.0. The number of aryl methyl sites for hydroxylation is 1. The Kier molecular flexibility index (Phi) is 11.0. The van der Waals surface area contributed by atoms with Crippen molar-refractivity contribution in [1.29, 1.82) is 0 Å². The fourth-order valence-corrected chi connectivity index (χ4v) is 5.59. The summed E-state index contributed by atoms with van der Waals surface area (Å²) in [5, 5.41) is 7.30. The number of hydrogen-bond donors (Lipinski definition) is 1. The fourth-order valence-electron chi connectivity index (χ4n) is 5.59. The second-order valence-electron chi connectivity index (χ2n) is 12.0. The third-order valence-corrected chi connectivity index (χ3v) is 7.84. The van der Waals surface area contributed by atoms with Crippen LogP contribution in [0.4, 0.5) is 0 Å². The summed E-state index contributed by atoms with van der Waals surface area (Å²) in [5.74, 6) is 3.03. The summed E-state index contributed by atoms with van der Waals surface area (Å²) in [5.41, 5.74) is 1.85. The largest absolute Gasteiger partial charge is 0.493 e. The molecule has 2 aliphatic rings. The highest BCUT2D eigenvalue weighted by atomic mass is 16.5. The first-order valence-electron chi connectivity index (χ1n) is 15.4. The molecule has 0 spiro atoms. The molecule has 2 atom stereocenters. The average Bonchev–Trinajstić information content (AvgIpc) is 3.61. The van der Waals surface area contributed by atoms with Crippen molar-refractivity contribution in [3.8, 4) is 17.2 Å². The molecule has 242 valence electrons. The van der Waals surface area contributed by atoms with Gasteiger partial charge in [0.25, 0.3) is 0 Å². The van der Waals surface area contributed by atoms with E-state index in [-0.39, 0.29) is 36.9 Å². The summed E-state index contributed by atoms with van der Waals surface area (Å²) in [6.07, 6.45) is 1.12. The lowest BCUT2D eigenvalue weighted by atomic mass is 10.1. The summed E-state index contributed by atoms with van der Waals surface area (Å²) in [6.45, 7) is 6.65. The van der Waals surface area contributed by atoms with Crippen molar-refractivity contribution in [2.45, 2.75) is 58.4 Å². The van der Waals surface area contributed by atoms with Crippen molar-refractivity contribution in [3.63, 3.8) is 0 Å². The van der Waals surface area contributed by atoms with E-state index in [1.807, 2.05) is 42.5 Å². The number of likely N-dealkylation sites (tertiary alicyclic amines) is 1. The van der Waals surface area contributed by atoms with Gasteiger partial charge in [0.2, 0.25) is 17.7 Å². The maximum absolute atomic E-state index is 13.4. The number of rotatable bonds is 8. The van der Waals surface area contributed by atoms with Gasteiger partial charge in [0.1, 0.15) is 5.75 Å². The van der Waals surface area contributed by atoms with Crippen LogP contribution in [0.5, 0.6) is 17.2 Å². The Bertz CT molecular complexity index is 1440. The SMILES string of the molecule is COCCN1CC(=O)N[C@H]2CN(Cc3noc(CC(C)C)n3)C[C@@H]2OCc2cccc(c2)Oc2cc(ccc2OC)CCC1=O. The molecular weight excluding hydrogens is 578 g/mol. The monoisotopic (exact) mass is 621 g/mol. The lowest BCUT2D eigenvalue weighted by Gasteiger charge is -2.25. The highest BCUT2D eigenvalue weighted by Gasteiger charge is 2.36. The van der Waals surface area contributed by atoms with Crippen LogP contribution in [0, 0.1) is 5.92 Å². The first-order chi connectivity index (χ1) is 21.8. The van der Waals surface area contributed by atoms with Crippen molar-refractivity contribution in [1.82, 2.24) is 25.3 Å². The molecule has 5 rings (SSSR count). The highest BCUT2D eigenvalue weighted by Crippen LogP contribution is 2.33. The summed E-state index contributed by atoms with van der Waals surface area (Å²) >= 11 is 0. The fraction of sp³-hybridized carbons (Fsp3) is 0.515. The standard InChI is InChI=1S/C33H43N5O7/c1-22(2)14-32-35-30(36-45-32)19-37-17-26-29(18-37)43-21-24-6-5-7-25(15-24)44-28-16-23(8-10-27(28)42-4)9-11-33(40)38(12-13-41-3)20-31(39)34-26/h5-8,10,15-16,22,26,29H,9,11-14,17-21H2,1-4H3,(H,34,39)/t26-,29-/m0/s1. The number of nitrogens with one attached hydrogen (secondary N) is 1. The van der Waals surface area contributed by atoms with Crippen LogP contribution in [0.3, 0.4) is 0 Å². The average molecular weight is 622 g/mol. The molecule has 3 aromatic rings. The molecule has 1 fully saturated rings. The van der Waals surface area contributed by atoms with Crippen molar-refractivity contribution in [3.05, 3.63) is 65.3 Å². The van der Waals surface area contributed by atoms with Crippen LogP contribution in [0.1, 0.15) is 43.1 Å². The van der Waals surface area contributed by atoms with Crippen molar-refractivity contribution in [2.75, 3.05) is 47.0 Å². The molecule has 0 unspecified atom stereocenters. The first-order valence-corrected chi connectivity index (χ1v) is 15.4. The molecule has 1 aromatic heterocycles. The molecule has 0 radical (unpaired) electrons. The molecule has 4 bridgehead atoms. The van der Waals surface area contributed by atoms with E-state index in [4.69, 9.17) is 23.5 Å². The number of carbonyl (C=O) groups excluding carboxylic acids is 2. The predicted octanol–water partition coefficient (Wildman–Crippen LogP) is 3.38. The first kappa shape index (κ1) is 32.4. The number of fused-ring (bicyclic) bond motifs is 5. The summed E-state index contributed by atoms with van der Waals surface area (Å²) in [7, 11) is 3.17. The van der Waals surface area contributed by atoms with Crippen LogP contribution < -0.4 is 14.8 Å². The molecule has 2 amide bonds. The Morgan fingerprint density at radius 2 is 1.93 bits per heavy atom. The van der Waals surface area contributed by atoms with Gasteiger partial charge in [0, 0.05) is 39.6 Å². The van der Waals surface area contributed by atoms with Crippen LogP contribution >= 0.6 is 0 Å². The van der Waals surface area contributed by atoms with E-state index in [2.05, 4.69) is 34.2 Å². The Morgan fingerprint density at radius 1 is 1.07 bits per heavy atom. The topological polar surface area (TPSA) is 128 Å². The van der Waals surface area contributed by atoms with Gasteiger partial charge in [-0.05, 0) is 47.7 Å². The molecule has 2 aromatic carbocycles. The Morgan fingerprint density at radius 3 is 2.73 bits per heavy atom. The van der Waals surface area contributed by atoms with Crippen LogP contribution in [-0.2, 0) is 45.1 Å². The van der Waals surface area contributed by atoms with Crippen molar-refractivity contribution in [2.24, 2.45) is 5.92 Å². The minimum Gasteiger partial charge on any atom is -0.493 e. The molecule has 0 saturated carbocycles. The Hall–Kier alpha value is -4.00. The quantitative estimate of drug-likeness (QED) is 0.400. The lowest BCUT2D eigenvalue weighted by Crippen LogP contribution is -2.49. The maximum atomic E-state index is 13.4. The van der Waals surface area contributed by atoms with Crippen LogP contribution in [-0.4, -0.2) is 90.9 Å². The van der Waals surface area contributed by atoms with Gasteiger partial charge in [-0.15, -0.1) is 0 Å². The number of methoxy groups -OCH3 is 2. The molecule has 12 nitrogen and oxygen atoms in total. The van der Waals surface area contributed by atoms with Crippen LogP contribution in [0.15, 0.2) is 47.0 Å². The smallest absolute Gasteiger partial charge is 0.239 e. The van der Waals surface area contributed by atoms with Gasteiger partial charge in [-0.1, -0.05) is 37.2 Å². The number of carbonyl (C=O) groups is 2. The van der Waals surface area contributed by atoms with Gasteiger partial charge in [-0.25, -0.2) is 0 Å². The molecule has 45 heavy (non-hydrogen) atoms. The zero-order valence-corrected chi connectivity index (χ0v) is 26.5. The van der Waals surface area contributed by atoms with Gasteiger partial charge in [0.05, 0.1) is 45.6 Å². The zero-order valence-electron chi connectivity index (χ0n) is 26.5. The van der Waals surface area contributed by atoms with E-state index in [0.717, 1.165) is 17.5 Å². The van der Waals surface area contributed by atoms with E-state index >= 15 is 0 Å². The van der Waals surface area contributed by atoms with Gasteiger partial charge in [-0.3, -0.25) is 14.5 Å². The van der Waals surface area contributed by atoms with Crippen LogP contribution in [0.25, 0.3) is 0 Å². The number of aromatic nitrogens is 2. The third-order valence-electron chi connectivity index (χ3n) is 7.84. The van der Waals surface area contributed by atoms with Crippen molar-refractivity contribution < 1.29 is 33.1 Å². The van der Waals surface area contributed by atoms with Crippen molar-refractivity contribution >= 4 is 11.8 Å². The number of hydrogen-bond acceptors (Lipinski definition) is 10. The molecule has 1 N–H and O–H groups in total. The maximum Gasteiger partial charge on any atom is 0.239 e. The summed E-state index contributed by atoms with van der Waals surface area (Å²) in [4.78, 5) is 34.9. The van der Waals surface area contributed by atoms with Gasteiger partial charge in [0.15, 0.2) is 17.3 Å². The highest BCUT2D eigenvalue weighted by molar-refractivity contribution is 5.85. The molecule has 12 heteroatoms. The normalized spacial score (nSPS) is 19.9. The predicted molar refractivity (Wildman–Crippen MR) is 165 cm³/mol. The minimum absolute atomic E-state index is 0.0756.